The van der Waals surface area contributed by atoms with Gasteiger partial charge in [0.2, 0.25) is 17.7 Å². The zero-order chi connectivity index (χ0) is 35.6. The van der Waals surface area contributed by atoms with E-state index in [-0.39, 0.29) is 37.8 Å². The van der Waals surface area contributed by atoms with E-state index in [4.69, 9.17) is 19.4 Å². The van der Waals surface area contributed by atoms with Crippen LogP contribution < -0.4 is 15.4 Å². The monoisotopic (exact) mass is 705 g/mol. The van der Waals surface area contributed by atoms with E-state index < -0.39 is 53.2 Å². The highest BCUT2D eigenvalue weighted by Gasteiger charge is 2.61. The highest BCUT2D eigenvalue weighted by molar-refractivity contribution is 7.13. The van der Waals surface area contributed by atoms with Gasteiger partial charge in [-0.15, -0.1) is 11.3 Å². The lowest BCUT2D eigenvalue weighted by Gasteiger charge is -2.30. The van der Waals surface area contributed by atoms with E-state index in [0.29, 0.717) is 35.1 Å². The summed E-state index contributed by atoms with van der Waals surface area (Å²) >= 11 is 1.45. The molecule has 3 aliphatic rings. The number of carboxylic acid groups (broad SMARTS) is 1. The summed E-state index contributed by atoms with van der Waals surface area (Å²) in [6, 6.07) is 6.96. The molecule has 2 aromatic heterocycles. The molecule has 3 unspecified atom stereocenters. The normalized spacial score (nSPS) is 26.5. The summed E-state index contributed by atoms with van der Waals surface area (Å²) in [6.07, 6.45) is 5.98. The molecule has 2 aliphatic heterocycles. The van der Waals surface area contributed by atoms with E-state index in [9.17, 15) is 29.4 Å². The van der Waals surface area contributed by atoms with Crippen LogP contribution in [0.25, 0.3) is 21.6 Å². The van der Waals surface area contributed by atoms with Gasteiger partial charge >= 0.3 is 12.1 Å². The van der Waals surface area contributed by atoms with E-state index in [1.54, 1.807) is 39.0 Å². The molecule has 1 aliphatic carbocycles. The number of allylic oxidation sites excluding steroid dienone is 1. The molecule has 1 aromatic carbocycles. The molecule has 0 bridgehead atoms. The predicted molar refractivity (Wildman–Crippen MR) is 185 cm³/mol. The molecule has 4 N–H and O–H groups in total. The van der Waals surface area contributed by atoms with Crippen LogP contribution in [0.2, 0.25) is 0 Å². The van der Waals surface area contributed by atoms with E-state index in [2.05, 4.69) is 10.6 Å². The number of aliphatic hydroxyl groups is 1. The lowest BCUT2D eigenvalue weighted by Crippen LogP contribution is -2.56. The molecule has 2 fully saturated rings. The number of hydrogen-bond donors (Lipinski definition) is 4. The number of fused-ring (bicyclic) bond motifs is 3. The number of nitrogens with one attached hydrogen (secondary N) is 2. The first-order valence-electron chi connectivity index (χ1n) is 17.0. The predicted octanol–water partition coefficient (Wildman–Crippen LogP) is 4.57. The molecule has 6 rings (SSSR count). The maximum atomic E-state index is 14.3. The number of thiophene rings is 1. The van der Waals surface area contributed by atoms with E-state index >= 15 is 0 Å². The number of amides is 3. The first-order chi connectivity index (χ1) is 23.9. The smallest absolute Gasteiger partial charge is 0.408 e. The molecule has 13 nitrogen and oxygen atoms in total. The van der Waals surface area contributed by atoms with Gasteiger partial charge in [0.15, 0.2) is 0 Å². The summed E-state index contributed by atoms with van der Waals surface area (Å²) in [5.74, 6) is -2.36. The number of aliphatic carboxylic acids is 1. The van der Waals surface area contributed by atoms with Crippen LogP contribution in [0.1, 0.15) is 71.3 Å². The highest BCUT2D eigenvalue weighted by atomic mass is 32.1. The van der Waals surface area contributed by atoms with Crippen molar-refractivity contribution in [2.75, 3.05) is 6.54 Å². The molecule has 4 heterocycles. The second-order valence-electron chi connectivity index (χ2n) is 14.2. The van der Waals surface area contributed by atoms with Crippen LogP contribution in [0.3, 0.4) is 0 Å². The Morgan fingerprint density at radius 3 is 2.68 bits per heavy atom. The van der Waals surface area contributed by atoms with Gasteiger partial charge in [-0.1, -0.05) is 37.1 Å². The molecular weight excluding hydrogens is 662 g/mol. The molecule has 3 aromatic rings. The van der Waals surface area contributed by atoms with Crippen molar-refractivity contribution in [1.29, 1.82) is 0 Å². The number of hydrogen-bond acceptors (Lipinski definition) is 10. The van der Waals surface area contributed by atoms with Crippen LogP contribution >= 0.6 is 11.3 Å². The van der Waals surface area contributed by atoms with E-state index in [0.717, 1.165) is 24.1 Å². The second kappa shape index (κ2) is 14.4. The number of benzene rings is 1. The van der Waals surface area contributed by atoms with Gasteiger partial charge < -0.3 is 35.2 Å². The largest absolute Gasteiger partial charge is 0.479 e. The maximum absolute atomic E-state index is 14.3. The quantitative estimate of drug-likeness (QED) is 0.265. The summed E-state index contributed by atoms with van der Waals surface area (Å²) in [4.78, 5) is 65.5. The lowest BCUT2D eigenvalue weighted by atomic mass is 10.0. The fourth-order valence-corrected chi connectivity index (χ4v) is 7.30. The fraction of sp³-hybridized carbons (Fsp3) is 0.500. The number of nitrogens with zero attached hydrogens (tertiary/aromatic N) is 3. The number of carbonyl (C=O) groups excluding carboxylic acids is 3. The SMILES string of the molecule is CC(C)(C)OC(=O)N[C@H]1CCCCC/C=C\C2CC2(C(=O)O)NC(=O)C2C[C@@H](Oc3nc4ccc(CO)cc4nc3-c3cccs3)CN2C1=O. The topological polar surface area (TPSA) is 180 Å². The van der Waals surface area contributed by atoms with Crippen molar-refractivity contribution in [2.45, 2.75) is 102 Å². The molecule has 3 amide bonds. The van der Waals surface area contributed by atoms with Gasteiger partial charge in [0.25, 0.3) is 0 Å². The van der Waals surface area contributed by atoms with Gasteiger partial charge in [-0.25, -0.2) is 19.6 Å². The Bertz CT molecular complexity index is 1790. The summed E-state index contributed by atoms with van der Waals surface area (Å²) in [5.41, 5.74) is 0.0236. The molecule has 5 atom stereocenters. The van der Waals surface area contributed by atoms with Crippen LogP contribution in [0.15, 0.2) is 47.9 Å². The first kappa shape index (κ1) is 35.3. The Morgan fingerprint density at radius 2 is 1.96 bits per heavy atom. The third-order valence-corrected chi connectivity index (χ3v) is 10.1. The number of rotatable bonds is 6. The number of aliphatic hydroxyl groups excluding tert-OH is 1. The van der Waals surface area contributed by atoms with E-state index in [1.807, 2.05) is 29.7 Å². The molecule has 1 saturated heterocycles. The standard InChI is InChI=1S/C36H43N5O8S/c1-35(2,3)49-34(47)39-25-11-8-6-4-5-7-10-22-18-36(22,33(45)46)40-30(43)27-17-23(19-41(27)32(25)44)48-31-29(28-12-9-15-50-28)37-26-16-21(20-42)13-14-24(26)38-31/h7,9-10,12-16,22-23,25,27,42H,4-6,8,11,17-20H2,1-3H3,(H,39,47)(H,40,43)(H,45,46)/b10-7-/t22?,23-,25+,27?,36?/m1/s1. The Kier molecular flexibility index (Phi) is 10.1. The van der Waals surface area contributed by atoms with Gasteiger partial charge in [-0.05, 0) is 75.6 Å². The summed E-state index contributed by atoms with van der Waals surface area (Å²) in [7, 11) is 0. The number of aromatic nitrogens is 2. The van der Waals surface area contributed by atoms with Crippen LogP contribution in [-0.4, -0.2) is 84.8 Å². The van der Waals surface area contributed by atoms with Crippen molar-refractivity contribution in [2.24, 2.45) is 5.92 Å². The van der Waals surface area contributed by atoms with Crippen molar-refractivity contribution in [3.8, 4) is 16.5 Å². The summed E-state index contributed by atoms with van der Waals surface area (Å²) < 4.78 is 12.0. The number of ether oxygens (including phenoxy) is 2. The highest BCUT2D eigenvalue weighted by Crippen LogP contribution is 2.45. The van der Waals surface area contributed by atoms with Crippen LogP contribution in [0.5, 0.6) is 5.88 Å². The third-order valence-electron chi connectivity index (χ3n) is 9.22. The number of carbonyl (C=O) groups is 4. The second-order valence-corrected chi connectivity index (χ2v) is 15.1. The van der Waals surface area contributed by atoms with Crippen molar-refractivity contribution >= 4 is 46.2 Å². The van der Waals surface area contributed by atoms with Crippen molar-refractivity contribution in [3.63, 3.8) is 0 Å². The summed E-state index contributed by atoms with van der Waals surface area (Å²) in [6.45, 7) is 5.03. The van der Waals surface area contributed by atoms with Gasteiger partial charge in [0, 0.05) is 12.3 Å². The maximum Gasteiger partial charge on any atom is 0.408 e. The van der Waals surface area contributed by atoms with Crippen LogP contribution in [-0.2, 0) is 25.7 Å². The first-order valence-corrected chi connectivity index (χ1v) is 17.9. The minimum absolute atomic E-state index is 0.0140. The molecule has 0 radical (unpaired) electrons. The Labute approximate surface area is 294 Å². The Balaban J connectivity index is 1.33. The molecular formula is C36H43N5O8S. The Hall–Kier alpha value is -4.56. The molecule has 14 heteroatoms. The fourth-order valence-electron chi connectivity index (χ4n) is 6.59. The molecule has 0 spiro atoms. The van der Waals surface area contributed by atoms with Crippen molar-refractivity contribution in [3.05, 3.63) is 53.4 Å². The zero-order valence-electron chi connectivity index (χ0n) is 28.4. The number of carboxylic acids is 1. The third kappa shape index (κ3) is 7.76. The Morgan fingerprint density at radius 1 is 1.14 bits per heavy atom. The van der Waals surface area contributed by atoms with Gasteiger partial charge in [-0.3, -0.25) is 9.59 Å². The van der Waals surface area contributed by atoms with Gasteiger partial charge in [-0.2, -0.15) is 0 Å². The molecule has 1 saturated carbocycles. The van der Waals surface area contributed by atoms with Crippen LogP contribution in [0, 0.1) is 5.92 Å². The zero-order valence-corrected chi connectivity index (χ0v) is 29.2. The van der Waals surface area contributed by atoms with Crippen molar-refractivity contribution < 1.29 is 38.9 Å². The summed E-state index contributed by atoms with van der Waals surface area (Å²) in [5, 5.41) is 27.3. The minimum Gasteiger partial charge on any atom is -0.479 e. The molecule has 50 heavy (non-hydrogen) atoms. The van der Waals surface area contributed by atoms with Crippen LogP contribution in [0.4, 0.5) is 4.79 Å². The number of alkyl carbamates (subject to hydrolysis) is 1. The minimum atomic E-state index is -1.46. The van der Waals surface area contributed by atoms with Crippen molar-refractivity contribution in [1.82, 2.24) is 25.5 Å². The van der Waals surface area contributed by atoms with Gasteiger partial charge in [0.1, 0.15) is 35.0 Å². The van der Waals surface area contributed by atoms with E-state index in [1.165, 1.54) is 16.2 Å². The molecule has 266 valence electrons. The van der Waals surface area contributed by atoms with Gasteiger partial charge in [0.05, 0.1) is 29.1 Å². The average molecular weight is 706 g/mol. The lowest BCUT2D eigenvalue weighted by molar-refractivity contribution is -0.145. The average Bonchev–Trinajstić information content (AvgIpc) is 3.37.